The maximum atomic E-state index is 13.3. The molecule has 0 fully saturated rings. The second kappa shape index (κ2) is 12.8. The van der Waals surface area contributed by atoms with Crippen molar-refractivity contribution in [3.05, 3.63) is 63.2 Å². The van der Waals surface area contributed by atoms with Gasteiger partial charge in [-0.2, -0.15) is 5.26 Å². The second-order valence-corrected chi connectivity index (χ2v) is 13.7. The Bertz CT molecular complexity index is 1570. The molecule has 42 heavy (non-hydrogen) atoms. The number of carbonyl (C=O) groups is 3. The Kier molecular flexibility index (Phi) is 9.14. The molecule has 2 aliphatic rings. The second-order valence-electron chi connectivity index (χ2n) is 11.5. The minimum absolute atomic E-state index is 0.00628. The molecule has 5 rings (SSSR count). The normalized spacial score (nSPS) is 15.6. The minimum Gasteiger partial charge on any atom is -0.462 e. The van der Waals surface area contributed by atoms with Crippen LogP contribution < -0.4 is 5.32 Å². The highest BCUT2D eigenvalue weighted by molar-refractivity contribution is 7.99. The van der Waals surface area contributed by atoms with E-state index in [2.05, 4.69) is 25.2 Å². The molecule has 7 nitrogen and oxygen atoms in total. The topological polar surface area (TPSA) is 109 Å². The van der Waals surface area contributed by atoms with E-state index in [9.17, 15) is 19.6 Å². The van der Waals surface area contributed by atoms with Crippen molar-refractivity contribution in [3.8, 4) is 17.2 Å². The van der Waals surface area contributed by atoms with Crippen LogP contribution >= 0.6 is 23.1 Å². The summed E-state index contributed by atoms with van der Waals surface area (Å²) < 4.78 is 5.34. The molecular formula is C33H35N3O4S2. The summed E-state index contributed by atoms with van der Waals surface area (Å²) in [5.74, 6) is -0.200. The van der Waals surface area contributed by atoms with Crippen LogP contribution in [0.5, 0.6) is 0 Å². The molecule has 2 aliphatic carbocycles. The number of pyridine rings is 1. The van der Waals surface area contributed by atoms with Gasteiger partial charge in [-0.3, -0.25) is 9.59 Å². The van der Waals surface area contributed by atoms with Gasteiger partial charge in [-0.1, -0.05) is 50.6 Å². The molecule has 0 saturated heterocycles. The molecule has 0 bridgehead atoms. The van der Waals surface area contributed by atoms with Crippen molar-refractivity contribution < 1.29 is 19.1 Å². The Morgan fingerprint density at radius 2 is 1.88 bits per heavy atom. The van der Waals surface area contributed by atoms with Gasteiger partial charge in [-0.05, 0) is 55.6 Å². The van der Waals surface area contributed by atoms with E-state index in [0.29, 0.717) is 56.6 Å². The summed E-state index contributed by atoms with van der Waals surface area (Å²) in [5.41, 5.74) is 4.36. The average Bonchev–Trinajstić information content (AvgIpc) is 3.11. The number of anilines is 1. The Morgan fingerprint density at radius 1 is 1.12 bits per heavy atom. The summed E-state index contributed by atoms with van der Waals surface area (Å²) in [5, 5.41) is 14.3. The number of aromatic nitrogens is 1. The van der Waals surface area contributed by atoms with Gasteiger partial charge in [-0.25, -0.2) is 9.78 Å². The number of hydrogen-bond donors (Lipinski definition) is 1. The van der Waals surface area contributed by atoms with Crippen molar-refractivity contribution >= 4 is 45.8 Å². The highest BCUT2D eigenvalue weighted by atomic mass is 32.2. The first-order valence-electron chi connectivity index (χ1n) is 14.5. The number of esters is 1. The number of hydrogen-bond acceptors (Lipinski definition) is 8. The molecule has 0 saturated carbocycles. The number of nitrogens with one attached hydrogen (secondary N) is 1. The molecule has 0 atom stereocenters. The number of Topliss-reactive ketones (excluding diaryl/α,β-unsaturated/α-hetero) is 1. The number of amides is 1. The molecule has 0 spiro atoms. The minimum atomic E-state index is -0.385. The number of thiophene rings is 1. The monoisotopic (exact) mass is 601 g/mol. The van der Waals surface area contributed by atoms with Crippen molar-refractivity contribution in [1.82, 2.24) is 4.98 Å². The van der Waals surface area contributed by atoms with Gasteiger partial charge in [0.25, 0.3) is 0 Å². The number of aryl methyl sites for hydroxylation is 1. The zero-order valence-electron chi connectivity index (χ0n) is 24.3. The molecule has 218 valence electrons. The fourth-order valence-corrected chi connectivity index (χ4v) is 8.10. The summed E-state index contributed by atoms with van der Waals surface area (Å²) in [7, 11) is 0. The molecular weight excluding hydrogens is 567 g/mol. The van der Waals surface area contributed by atoms with Crippen LogP contribution in [0.4, 0.5) is 5.00 Å². The molecule has 0 aliphatic heterocycles. The molecule has 3 aromatic rings. The fourth-order valence-electron chi connectivity index (χ4n) is 5.86. The van der Waals surface area contributed by atoms with E-state index in [4.69, 9.17) is 9.72 Å². The van der Waals surface area contributed by atoms with Gasteiger partial charge in [0, 0.05) is 34.6 Å². The van der Waals surface area contributed by atoms with Crippen LogP contribution in [0, 0.1) is 16.7 Å². The van der Waals surface area contributed by atoms with Crippen LogP contribution in [0.25, 0.3) is 11.1 Å². The Labute approximate surface area is 255 Å². The van der Waals surface area contributed by atoms with Crippen LogP contribution in [0.2, 0.25) is 0 Å². The van der Waals surface area contributed by atoms with Gasteiger partial charge in [0.05, 0.1) is 23.4 Å². The summed E-state index contributed by atoms with van der Waals surface area (Å²) in [6.07, 6.45) is 6.14. The van der Waals surface area contributed by atoms with Gasteiger partial charge in [0.15, 0.2) is 5.78 Å². The third-order valence-corrected chi connectivity index (χ3v) is 9.88. The SMILES string of the molecule is CCOC(=O)c1c(NC(=O)CCSc2nc3c(c(-c4ccccc4)c2C#N)C(=O)CC(C)(C)C3)sc2c1CCCCC2. The van der Waals surface area contributed by atoms with Gasteiger partial charge in [0.2, 0.25) is 5.91 Å². The number of benzene rings is 1. The molecule has 0 unspecified atom stereocenters. The third kappa shape index (κ3) is 6.30. The van der Waals surface area contributed by atoms with E-state index in [-0.39, 0.29) is 36.1 Å². The average molecular weight is 602 g/mol. The van der Waals surface area contributed by atoms with Crippen molar-refractivity contribution in [2.24, 2.45) is 5.41 Å². The number of ether oxygens (including phenoxy) is 1. The lowest BCUT2D eigenvalue weighted by molar-refractivity contribution is -0.115. The van der Waals surface area contributed by atoms with E-state index in [1.807, 2.05) is 30.3 Å². The first-order chi connectivity index (χ1) is 20.2. The van der Waals surface area contributed by atoms with E-state index in [1.54, 1.807) is 6.92 Å². The predicted molar refractivity (Wildman–Crippen MR) is 166 cm³/mol. The molecule has 0 radical (unpaired) electrons. The molecule has 2 heterocycles. The number of nitriles is 1. The smallest absolute Gasteiger partial charge is 0.341 e. The Hall–Kier alpha value is -3.48. The lowest BCUT2D eigenvalue weighted by atomic mass is 9.73. The number of carbonyl (C=O) groups excluding carboxylic acids is 3. The highest BCUT2D eigenvalue weighted by Gasteiger charge is 2.36. The third-order valence-electron chi connectivity index (χ3n) is 7.70. The van der Waals surface area contributed by atoms with Gasteiger partial charge >= 0.3 is 5.97 Å². The molecule has 1 amide bonds. The van der Waals surface area contributed by atoms with Gasteiger partial charge in [-0.15, -0.1) is 23.1 Å². The zero-order valence-corrected chi connectivity index (χ0v) is 25.9. The summed E-state index contributed by atoms with van der Waals surface area (Å²) in [6.45, 7) is 6.17. The van der Waals surface area contributed by atoms with Crippen LogP contribution in [-0.2, 0) is 28.8 Å². The lowest BCUT2D eigenvalue weighted by Crippen LogP contribution is -2.29. The number of rotatable bonds is 8. The number of nitrogens with zero attached hydrogens (tertiary/aromatic N) is 2. The first kappa shape index (κ1) is 30.0. The summed E-state index contributed by atoms with van der Waals surface area (Å²) in [6, 6.07) is 11.8. The highest BCUT2D eigenvalue weighted by Crippen LogP contribution is 2.42. The first-order valence-corrected chi connectivity index (χ1v) is 16.3. The van der Waals surface area contributed by atoms with E-state index >= 15 is 0 Å². The maximum absolute atomic E-state index is 13.3. The molecule has 1 aromatic carbocycles. The zero-order chi connectivity index (χ0) is 29.9. The van der Waals surface area contributed by atoms with Crippen LogP contribution in [0.1, 0.15) is 95.3 Å². The Balaban J connectivity index is 1.39. The maximum Gasteiger partial charge on any atom is 0.341 e. The number of thioether (sulfide) groups is 1. The lowest BCUT2D eigenvalue weighted by Gasteiger charge is -2.31. The quantitative estimate of drug-likeness (QED) is 0.163. The molecule has 9 heteroatoms. The van der Waals surface area contributed by atoms with Crippen LogP contribution in [0.15, 0.2) is 35.4 Å². The van der Waals surface area contributed by atoms with Crippen molar-refractivity contribution in [3.63, 3.8) is 0 Å². The van der Waals surface area contributed by atoms with Crippen LogP contribution in [-0.4, -0.2) is 35.0 Å². The van der Waals surface area contributed by atoms with Crippen LogP contribution in [0.3, 0.4) is 0 Å². The van der Waals surface area contributed by atoms with Gasteiger partial charge in [0.1, 0.15) is 16.1 Å². The molecule has 1 N–H and O–H groups in total. The summed E-state index contributed by atoms with van der Waals surface area (Å²) in [4.78, 5) is 45.3. The molecule has 2 aromatic heterocycles. The van der Waals surface area contributed by atoms with Gasteiger partial charge < -0.3 is 10.1 Å². The van der Waals surface area contributed by atoms with Crippen molar-refractivity contribution in [1.29, 1.82) is 5.26 Å². The predicted octanol–water partition coefficient (Wildman–Crippen LogP) is 7.40. The summed E-state index contributed by atoms with van der Waals surface area (Å²) >= 11 is 2.83. The van der Waals surface area contributed by atoms with Crippen molar-refractivity contribution in [2.75, 3.05) is 17.7 Å². The fraction of sp³-hybridized carbons (Fsp3) is 0.424. The Morgan fingerprint density at radius 3 is 2.62 bits per heavy atom. The standard InChI is InChI=1S/C33H35N3O4S2/c1-4-40-32(39)28-21-13-9-6-10-14-25(21)42-31(28)36-26(38)15-16-41-30-22(19-34)27(20-11-7-5-8-12-20)29-23(35-30)17-33(2,3)18-24(29)37/h5,7-8,11-12H,4,6,9-10,13-18H2,1-3H3,(H,36,38). The van der Waals surface area contributed by atoms with Crippen molar-refractivity contribution in [2.45, 2.75) is 77.2 Å². The number of fused-ring (bicyclic) bond motifs is 2. The van der Waals surface area contributed by atoms with E-state index in [0.717, 1.165) is 48.1 Å². The van der Waals surface area contributed by atoms with E-state index < -0.39 is 0 Å². The van der Waals surface area contributed by atoms with E-state index in [1.165, 1.54) is 23.1 Å². The largest absolute Gasteiger partial charge is 0.462 e. The number of ketones is 1.